The van der Waals surface area contributed by atoms with Crippen LogP contribution in [0.5, 0.6) is 0 Å². The van der Waals surface area contributed by atoms with Gasteiger partial charge in [0.2, 0.25) is 0 Å². The minimum absolute atomic E-state index is 0.0654. The first-order valence-electron chi connectivity index (χ1n) is 7.30. The highest BCUT2D eigenvalue weighted by Crippen LogP contribution is 2.23. The van der Waals surface area contributed by atoms with E-state index in [1.807, 2.05) is 91.0 Å². The van der Waals surface area contributed by atoms with Gasteiger partial charge in [-0.1, -0.05) is 78.9 Å². The normalized spacial score (nSPS) is 11.6. The number of ketones is 1. The predicted octanol–water partition coefficient (Wildman–Crippen LogP) is 4.72. The quantitative estimate of drug-likeness (QED) is 0.688. The molecule has 0 saturated heterocycles. The Morgan fingerprint density at radius 2 is 1.18 bits per heavy atom. The van der Waals surface area contributed by atoms with E-state index < -0.39 is 6.04 Å². The first-order valence-corrected chi connectivity index (χ1v) is 7.30. The zero-order valence-electron chi connectivity index (χ0n) is 12.1. The van der Waals surface area contributed by atoms with Crippen molar-refractivity contribution in [3.05, 3.63) is 102 Å². The van der Waals surface area contributed by atoms with E-state index in [1.54, 1.807) is 0 Å². The summed E-state index contributed by atoms with van der Waals surface area (Å²) in [6.07, 6.45) is 0. The van der Waals surface area contributed by atoms with Crippen LogP contribution in [0.4, 0.5) is 5.69 Å². The van der Waals surface area contributed by atoms with E-state index in [2.05, 4.69) is 5.32 Å². The summed E-state index contributed by atoms with van der Waals surface area (Å²) < 4.78 is 0. The van der Waals surface area contributed by atoms with E-state index in [0.29, 0.717) is 5.56 Å². The minimum Gasteiger partial charge on any atom is -0.371 e. The van der Waals surface area contributed by atoms with E-state index in [1.165, 1.54) is 0 Å². The molecule has 0 aromatic heterocycles. The van der Waals surface area contributed by atoms with Crippen LogP contribution in [0.15, 0.2) is 91.0 Å². The average Bonchev–Trinajstić information content (AvgIpc) is 2.61. The summed E-state index contributed by atoms with van der Waals surface area (Å²) >= 11 is 0. The highest BCUT2D eigenvalue weighted by molar-refractivity contribution is 6.02. The molecule has 2 heteroatoms. The van der Waals surface area contributed by atoms with Gasteiger partial charge in [0.1, 0.15) is 6.04 Å². The van der Waals surface area contributed by atoms with Gasteiger partial charge in [-0.25, -0.2) is 0 Å². The maximum atomic E-state index is 12.9. The number of para-hydroxylation sites is 1. The van der Waals surface area contributed by atoms with Crippen molar-refractivity contribution in [3.63, 3.8) is 0 Å². The van der Waals surface area contributed by atoms with Crippen molar-refractivity contribution in [1.82, 2.24) is 0 Å². The summed E-state index contributed by atoms with van der Waals surface area (Å²) in [5.41, 5.74) is 2.60. The van der Waals surface area contributed by atoms with Crippen LogP contribution in [-0.4, -0.2) is 5.78 Å². The van der Waals surface area contributed by atoms with E-state index in [4.69, 9.17) is 0 Å². The molecule has 0 unspecified atom stereocenters. The second kappa shape index (κ2) is 6.72. The van der Waals surface area contributed by atoms with Gasteiger partial charge >= 0.3 is 0 Å². The van der Waals surface area contributed by atoms with Gasteiger partial charge in [0, 0.05) is 11.3 Å². The molecule has 0 bridgehead atoms. The van der Waals surface area contributed by atoms with Crippen molar-refractivity contribution in [2.75, 3.05) is 5.32 Å². The largest absolute Gasteiger partial charge is 0.371 e. The van der Waals surface area contributed by atoms with Gasteiger partial charge < -0.3 is 5.32 Å². The molecule has 0 saturated carbocycles. The fourth-order valence-corrected chi connectivity index (χ4v) is 2.42. The molecule has 3 rings (SSSR count). The second-order valence-electron chi connectivity index (χ2n) is 5.08. The van der Waals surface area contributed by atoms with Gasteiger partial charge in [-0.05, 0) is 17.7 Å². The number of nitrogens with one attached hydrogen (secondary N) is 1. The van der Waals surface area contributed by atoms with Gasteiger partial charge in [-0.15, -0.1) is 0 Å². The number of carbonyl (C=O) groups excluding carboxylic acids is 1. The monoisotopic (exact) mass is 287 g/mol. The van der Waals surface area contributed by atoms with Crippen molar-refractivity contribution < 1.29 is 4.79 Å². The van der Waals surface area contributed by atoms with Crippen LogP contribution in [0.25, 0.3) is 0 Å². The SMILES string of the molecule is O=C(c1ccccc1)[C@H](Nc1ccccc1)c1ccccc1. The summed E-state index contributed by atoms with van der Waals surface area (Å²) in [6, 6.07) is 28.6. The van der Waals surface area contributed by atoms with Gasteiger partial charge in [0.15, 0.2) is 5.78 Å². The molecular weight excluding hydrogens is 270 g/mol. The minimum atomic E-state index is -0.397. The van der Waals surface area contributed by atoms with Gasteiger partial charge in [-0.2, -0.15) is 0 Å². The third kappa shape index (κ3) is 3.23. The molecule has 22 heavy (non-hydrogen) atoms. The van der Waals surface area contributed by atoms with Crippen LogP contribution in [0.2, 0.25) is 0 Å². The topological polar surface area (TPSA) is 29.1 Å². The van der Waals surface area contributed by atoms with Crippen molar-refractivity contribution in [2.24, 2.45) is 0 Å². The van der Waals surface area contributed by atoms with E-state index in [9.17, 15) is 4.79 Å². The molecule has 0 fully saturated rings. The summed E-state index contributed by atoms with van der Waals surface area (Å²) in [6.45, 7) is 0. The summed E-state index contributed by atoms with van der Waals surface area (Å²) in [5.74, 6) is 0.0654. The molecule has 0 aliphatic carbocycles. The standard InChI is InChI=1S/C20H17NO/c22-20(17-12-6-2-7-13-17)19(16-10-4-1-5-11-16)21-18-14-8-3-9-15-18/h1-15,19,21H/t19-/m1/s1. The highest BCUT2D eigenvalue weighted by atomic mass is 16.1. The molecule has 2 nitrogen and oxygen atoms in total. The average molecular weight is 287 g/mol. The van der Waals surface area contributed by atoms with Crippen LogP contribution in [0.3, 0.4) is 0 Å². The first-order chi connectivity index (χ1) is 10.8. The summed E-state index contributed by atoms with van der Waals surface area (Å²) in [5, 5.41) is 3.34. The number of hydrogen-bond donors (Lipinski definition) is 1. The van der Waals surface area contributed by atoms with Crippen LogP contribution in [0.1, 0.15) is 22.0 Å². The first kappa shape index (κ1) is 14.1. The van der Waals surface area contributed by atoms with Crippen LogP contribution in [0, 0.1) is 0 Å². The van der Waals surface area contributed by atoms with Gasteiger partial charge in [0.05, 0.1) is 0 Å². The van der Waals surface area contributed by atoms with Gasteiger partial charge in [0.25, 0.3) is 0 Å². The van der Waals surface area contributed by atoms with Crippen LogP contribution >= 0.6 is 0 Å². The molecule has 0 heterocycles. The Labute approximate surface area is 130 Å². The van der Waals surface area contributed by atoms with E-state index in [0.717, 1.165) is 11.3 Å². The number of hydrogen-bond acceptors (Lipinski definition) is 2. The molecule has 3 aromatic rings. The molecule has 0 spiro atoms. The van der Waals surface area contributed by atoms with Crippen molar-refractivity contribution in [3.8, 4) is 0 Å². The number of benzene rings is 3. The summed E-state index contributed by atoms with van der Waals surface area (Å²) in [7, 11) is 0. The zero-order valence-corrected chi connectivity index (χ0v) is 12.1. The lowest BCUT2D eigenvalue weighted by atomic mass is 9.97. The Hall–Kier alpha value is -2.87. The lowest BCUT2D eigenvalue weighted by Crippen LogP contribution is -2.21. The lowest BCUT2D eigenvalue weighted by Gasteiger charge is -2.19. The Bertz CT molecular complexity index is 723. The Kier molecular flexibility index (Phi) is 4.30. The maximum Gasteiger partial charge on any atom is 0.189 e. The molecule has 1 N–H and O–H groups in total. The van der Waals surface area contributed by atoms with Crippen molar-refractivity contribution in [1.29, 1.82) is 0 Å². The molecule has 3 aromatic carbocycles. The molecule has 0 amide bonds. The third-order valence-electron chi connectivity index (χ3n) is 3.54. The Balaban J connectivity index is 1.95. The highest BCUT2D eigenvalue weighted by Gasteiger charge is 2.21. The fourth-order valence-electron chi connectivity index (χ4n) is 2.42. The third-order valence-corrected chi connectivity index (χ3v) is 3.54. The van der Waals surface area contributed by atoms with Crippen LogP contribution in [-0.2, 0) is 0 Å². The number of Topliss-reactive ketones (excluding diaryl/α,β-unsaturated/α-hetero) is 1. The molecular formula is C20H17NO. The molecule has 0 aliphatic heterocycles. The fraction of sp³-hybridized carbons (Fsp3) is 0.0500. The number of anilines is 1. The molecule has 108 valence electrons. The smallest absolute Gasteiger partial charge is 0.189 e. The van der Waals surface area contributed by atoms with Crippen molar-refractivity contribution >= 4 is 11.5 Å². The van der Waals surface area contributed by atoms with Crippen molar-refractivity contribution in [2.45, 2.75) is 6.04 Å². The Morgan fingerprint density at radius 3 is 1.77 bits per heavy atom. The summed E-state index contributed by atoms with van der Waals surface area (Å²) in [4.78, 5) is 12.9. The van der Waals surface area contributed by atoms with E-state index >= 15 is 0 Å². The second-order valence-corrected chi connectivity index (χ2v) is 5.08. The Morgan fingerprint density at radius 1 is 0.682 bits per heavy atom. The zero-order chi connectivity index (χ0) is 15.2. The van der Waals surface area contributed by atoms with Crippen LogP contribution < -0.4 is 5.32 Å². The van der Waals surface area contributed by atoms with E-state index in [-0.39, 0.29) is 5.78 Å². The molecule has 0 radical (unpaired) electrons. The number of rotatable bonds is 5. The maximum absolute atomic E-state index is 12.9. The number of carbonyl (C=O) groups is 1. The van der Waals surface area contributed by atoms with Gasteiger partial charge in [-0.3, -0.25) is 4.79 Å². The molecule has 0 aliphatic rings. The predicted molar refractivity (Wildman–Crippen MR) is 90.0 cm³/mol. The molecule has 1 atom stereocenters. The lowest BCUT2D eigenvalue weighted by molar-refractivity contribution is 0.0969.